The van der Waals surface area contributed by atoms with Gasteiger partial charge in [-0.25, -0.2) is 0 Å². The molecule has 0 fully saturated rings. The molecule has 64 heavy (non-hydrogen) atoms. The molecular weight excluding hydrogens is 793 g/mol. The first-order chi connectivity index (χ1) is 31.8. The van der Waals surface area contributed by atoms with Gasteiger partial charge >= 0.3 is 0 Å². The molecule has 1 aliphatic rings. The number of fused-ring (bicyclic) bond motifs is 9. The highest BCUT2D eigenvalue weighted by molar-refractivity contribution is 7.26. The number of nitrogens with zero attached hydrogens (tertiary/aromatic N) is 2. The molecule has 13 rings (SSSR count). The molecule has 0 radical (unpaired) electrons. The fourth-order valence-corrected chi connectivity index (χ4v) is 12.0. The van der Waals surface area contributed by atoms with Gasteiger partial charge in [0.05, 0.1) is 16.4 Å². The zero-order valence-corrected chi connectivity index (χ0v) is 35.7. The van der Waals surface area contributed by atoms with E-state index >= 15 is 0 Å². The van der Waals surface area contributed by atoms with E-state index in [9.17, 15) is 0 Å². The Morgan fingerprint density at radius 2 is 0.875 bits per heavy atom. The molecule has 12 aromatic rings. The average Bonchev–Trinajstić information content (AvgIpc) is 4.02. The first-order valence-electron chi connectivity index (χ1n) is 22.0. The van der Waals surface area contributed by atoms with Gasteiger partial charge in [0.15, 0.2) is 0 Å². The maximum Gasteiger partial charge on any atom is 0.0714 e. The molecule has 0 saturated heterocycles. The summed E-state index contributed by atoms with van der Waals surface area (Å²) in [6.07, 6.45) is 0. The minimum absolute atomic E-state index is 0.511. The third-order valence-electron chi connectivity index (χ3n) is 13.5. The van der Waals surface area contributed by atoms with Crippen LogP contribution in [0.25, 0.3) is 69.9 Å². The standard InChI is InChI=1S/C61H40N2S/c1-3-16-42(17-4-1)61(43-18-5-2-6-19-43)55-26-11-7-20-49(55)50-39-38-47(40-56(50)61)62(44-32-30-41(31-33-44)48-24-15-25-54-53-23-10-14-29-59(53)64-60(48)54)45-34-36-46(37-35-45)63-57-27-12-8-21-51(57)52-22-9-13-28-58(52)63/h1-40H. The molecule has 2 heterocycles. The van der Waals surface area contributed by atoms with E-state index < -0.39 is 5.41 Å². The van der Waals surface area contributed by atoms with Crippen molar-refractivity contribution in [2.24, 2.45) is 0 Å². The van der Waals surface area contributed by atoms with Crippen molar-refractivity contribution in [1.82, 2.24) is 4.57 Å². The molecule has 0 atom stereocenters. The summed E-state index contributed by atoms with van der Waals surface area (Å²) < 4.78 is 5.03. The predicted octanol–water partition coefficient (Wildman–Crippen LogP) is 16.7. The van der Waals surface area contributed by atoms with Crippen molar-refractivity contribution in [2.75, 3.05) is 4.90 Å². The van der Waals surface area contributed by atoms with Crippen LogP contribution in [0.5, 0.6) is 0 Å². The van der Waals surface area contributed by atoms with E-state index in [-0.39, 0.29) is 0 Å². The molecule has 0 aliphatic heterocycles. The molecule has 0 unspecified atom stereocenters. The highest BCUT2D eigenvalue weighted by Gasteiger charge is 2.46. The molecule has 3 heteroatoms. The number of aromatic nitrogens is 1. The second-order valence-corrected chi connectivity index (χ2v) is 17.9. The minimum atomic E-state index is -0.511. The Balaban J connectivity index is 1.01. The van der Waals surface area contributed by atoms with Crippen LogP contribution in [0.4, 0.5) is 17.1 Å². The molecule has 2 aromatic heterocycles. The van der Waals surface area contributed by atoms with Crippen LogP contribution in [0, 0.1) is 0 Å². The van der Waals surface area contributed by atoms with Crippen molar-refractivity contribution < 1.29 is 0 Å². The molecule has 0 bridgehead atoms. The maximum atomic E-state index is 2.46. The lowest BCUT2D eigenvalue weighted by atomic mass is 9.67. The van der Waals surface area contributed by atoms with Crippen molar-refractivity contribution in [1.29, 1.82) is 0 Å². The van der Waals surface area contributed by atoms with Crippen LogP contribution in [-0.2, 0) is 5.41 Å². The van der Waals surface area contributed by atoms with E-state index in [1.807, 2.05) is 11.3 Å². The molecule has 300 valence electrons. The Morgan fingerprint density at radius 3 is 1.56 bits per heavy atom. The minimum Gasteiger partial charge on any atom is -0.310 e. The van der Waals surface area contributed by atoms with Crippen LogP contribution < -0.4 is 4.90 Å². The number of anilines is 3. The van der Waals surface area contributed by atoms with Gasteiger partial charge in [-0.15, -0.1) is 11.3 Å². The van der Waals surface area contributed by atoms with Crippen LogP contribution in [0.15, 0.2) is 243 Å². The summed E-state index contributed by atoms with van der Waals surface area (Å²) in [6.45, 7) is 0. The Kier molecular flexibility index (Phi) is 8.34. The quantitative estimate of drug-likeness (QED) is 0.155. The summed E-state index contributed by atoms with van der Waals surface area (Å²) in [5.41, 5.74) is 16.4. The Labute approximate surface area is 376 Å². The van der Waals surface area contributed by atoms with Crippen molar-refractivity contribution >= 4 is 70.4 Å². The maximum absolute atomic E-state index is 2.46. The second-order valence-electron chi connectivity index (χ2n) is 16.8. The molecule has 2 nitrogen and oxygen atoms in total. The highest BCUT2D eigenvalue weighted by atomic mass is 32.1. The molecular formula is C61H40N2S. The van der Waals surface area contributed by atoms with Gasteiger partial charge in [-0.1, -0.05) is 176 Å². The third-order valence-corrected chi connectivity index (χ3v) is 14.7. The largest absolute Gasteiger partial charge is 0.310 e. The molecule has 0 amide bonds. The number of hydrogen-bond donors (Lipinski definition) is 0. The number of para-hydroxylation sites is 2. The van der Waals surface area contributed by atoms with Crippen LogP contribution >= 0.6 is 11.3 Å². The summed E-state index contributed by atoms with van der Waals surface area (Å²) in [5.74, 6) is 0. The number of hydrogen-bond acceptors (Lipinski definition) is 2. The Hall–Kier alpha value is -7.98. The smallest absolute Gasteiger partial charge is 0.0714 e. The zero-order chi connectivity index (χ0) is 42.2. The van der Waals surface area contributed by atoms with Crippen LogP contribution in [0.2, 0.25) is 0 Å². The van der Waals surface area contributed by atoms with Gasteiger partial charge in [0.25, 0.3) is 0 Å². The molecule has 0 spiro atoms. The molecule has 1 aliphatic carbocycles. The first kappa shape index (κ1) is 36.7. The van der Waals surface area contributed by atoms with Gasteiger partial charge in [0.2, 0.25) is 0 Å². The fraction of sp³-hybridized carbons (Fsp3) is 0.0164. The summed E-state index contributed by atoms with van der Waals surface area (Å²) in [5, 5.41) is 5.15. The average molecular weight is 833 g/mol. The second kappa shape index (κ2) is 14.6. The van der Waals surface area contributed by atoms with E-state index in [0.717, 1.165) is 22.7 Å². The normalized spacial score (nSPS) is 12.8. The van der Waals surface area contributed by atoms with Crippen molar-refractivity contribution in [3.8, 4) is 27.9 Å². The number of benzene rings is 10. The van der Waals surface area contributed by atoms with Gasteiger partial charge in [-0.2, -0.15) is 0 Å². The Morgan fingerprint density at radius 1 is 0.359 bits per heavy atom. The first-order valence-corrected chi connectivity index (χ1v) is 22.8. The molecule has 10 aromatic carbocycles. The lowest BCUT2D eigenvalue weighted by Crippen LogP contribution is -2.28. The Bertz CT molecular complexity index is 3620. The van der Waals surface area contributed by atoms with E-state index in [1.54, 1.807) is 0 Å². The van der Waals surface area contributed by atoms with Gasteiger partial charge in [-0.05, 0) is 111 Å². The number of thiophene rings is 1. The fourth-order valence-electron chi connectivity index (χ4n) is 10.7. The van der Waals surface area contributed by atoms with E-state index in [0.29, 0.717) is 0 Å². The summed E-state index contributed by atoms with van der Waals surface area (Å²) >= 11 is 1.88. The lowest BCUT2D eigenvalue weighted by Gasteiger charge is -2.35. The predicted molar refractivity (Wildman–Crippen MR) is 271 cm³/mol. The molecule has 0 N–H and O–H groups in total. The SMILES string of the molecule is c1ccc(C2(c3ccccc3)c3ccccc3-c3ccc(N(c4ccc(-c5cccc6c5sc5ccccc56)cc4)c4ccc(-n5c6ccccc6c6ccccc65)cc4)cc32)cc1. The van der Waals surface area contributed by atoms with Crippen LogP contribution in [0.1, 0.15) is 22.3 Å². The van der Waals surface area contributed by atoms with Crippen molar-refractivity contribution in [3.05, 3.63) is 265 Å². The van der Waals surface area contributed by atoms with E-state index in [1.165, 1.54) is 86.5 Å². The van der Waals surface area contributed by atoms with Crippen molar-refractivity contribution in [3.63, 3.8) is 0 Å². The molecule has 0 saturated carbocycles. The topological polar surface area (TPSA) is 8.17 Å². The lowest BCUT2D eigenvalue weighted by molar-refractivity contribution is 0.768. The number of rotatable bonds is 7. The highest BCUT2D eigenvalue weighted by Crippen LogP contribution is 2.57. The van der Waals surface area contributed by atoms with E-state index in [2.05, 4.69) is 252 Å². The summed E-state index contributed by atoms with van der Waals surface area (Å²) in [7, 11) is 0. The van der Waals surface area contributed by atoms with Gasteiger partial charge in [0.1, 0.15) is 0 Å². The van der Waals surface area contributed by atoms with Gasteiger partial charge < -0.3 is 9.47 Å². The van der Waals surface area contributed by atoms with Gasteiger partial charge in [-0.3, -0.25) is 0 Å². The monoisotopic (exact) mass is 832 g/mol. The van der Waals surface area contributed by atoms with Crippen LogP contribution in [-0.4, -0.2) is 4.57 Å². The van der Waals surface area contributed by atoms with E-state index in [4.69, 9.17) is 0 Å². The van der Waals surface area contributed by atoms with Crippen LogP contribution in [0.3, 0.4) is 0 Å². The zero-order valence-electron chi connectivity index (χ0n) is 34.9. The van der Waals surface area contributed by atoms with Gasteiger partial charge in [0, 0.05) is 53.7 Å². The third kappa shape index (κ3) is 5.44. The van der Waals surface area contributed by atoms with Crippen molar-refractivity contribution in [2.45, 2.75) is 5.41 Å². The summed E-state index contributed by atoms with van der Waals surface area (Å²) in [4.78, 5) is 2.43. The summed E-state index contributed by atoms with van der Waals surface area (Å²) in [6, 6.07) is 89.5.